The number of anilines is 1. The number of thiophene rings is 1. The third-order valence-corrected chi connectivity index (χ3v) is 9.24. The fourth-order valence-corrected chi connectivity index (χ4v) is 7.48. The summed E-state index contributed by atoms with van der Waals surface area (Å²) in [5.41, 5.74) is 6.50. The second kappa shape index (κ2) is 9.96. The van der Waals surface area contributed by atoms with Crippen LogP contribution in [0.4, 0.5) is 5.69 Å². The van der Waals surface area contributed by atoms with Gasteiger partial charge in [-0.05, 0) is 42.9 Å². The largest absolute Gasteiger partial charge is 0.477 e. The molecule has 6 rings (SSSR count). The second-order valence-electron chi connectivity index (χ2n) is 10.2. The van der Waals surface area contributed by atoms with Gasteiger partial charge in [-0.2, -0.15) is 0 Å². The van der Waals surface area contributed by atoms with Crippen molar-refractivity contribution >= 4 is 33.2 Å². The van der Waals surface area contributed by atoms with Gasteiger partial charge < -0.3 is 19.3 Å². The lowest BCUT2D eigenvalue weighted by atomic mass is 9.83. The Balaban J connectivity index is 1.41. The van der Waals surface area contributed by atoms with Gasteiger partial charge in [0.05, 0.1) is 22.5 Å². The molecule has 7 heteroatoms. The van der Waals surface area contributed by atoms with Crippen LogP contribution in [0.2, 0.25) is 0 Å². The van der Waals surface area contributed by atoms with Crippen LogP contribution in [-0.4, -0.2) is 66.5 Å². The molecule has 6 nitrogen and oxygen atoms in total. The van der Waals surface area contributed by atoms with Crippen LogP contribution in [0.5, 0.6) is 0 Å². The van der Waals surface area contributed by atoms with Crippen molar-refractivity contribution in [3.05, 3.63) is 40.8 Å². The average molecular weight is 494 g/mol. The summed E-state index contributed by atoms with van der Waals surface area (Å²) in [4.78, 5) is 17.4. The number of para-hydroxylation sites is 1. The number of nitrogens with zero attached hydrogens (tertiary/aromatic N) is 3. The fraction of sp³-hybridized carbons (Fsp3) is 0.536. The predicted molar refractivity (Wildman–Crippen MR) is 142 cm³/mol. The number of carboxylic acids is 1. The van der Waals surface area contributed by atoms with E-state index in [1.165, 1.54) is 70.6 Å². The molecule has 1 saturated carbocycles. The summed E-state index contributed by atoms with van der Waals surface area (Å²) in [6.45, 7) is 7.66. The molecule has 1 aliphatic carbocycles. The van der Waals surface area contributed by atoms with E-state index in [-0.39, 0.29) is 0 Å². The number of rotatable bonds is 5. The highest BCUT2D eigenvalue weighted by Crippen LogP contribution is 2.49. The third-order valence-electron chi connectivity index (χ3n) is 8.09. The molecule has 2 aliphatic heterocycles. The fourth-order valence-electron chi connectivity index (χ4n) is 6.35. The summed E-state index contributed by atoms with van der Waals surface area (Å²) in [5, 5.41) is 9.76. The summed E-state index contributed by atoms with van der Waals surface area (Å²) in [5.74, 6) is -0.299. The van der Waals surface area contributed by atoms with Crippen molar-refractivity contribution in [1.29, 1.82) is 0 Å². The number of aromatic carboxylic acids is 1. The lowest BCUT2D eigenvalue weighted by molar-refractivity contribution is 0.0702. The van der Waals surface area contributed by atoms with Gasteiger partial charge in [0.1, 0.15) is 4.88 Å². The van der Waals surface area contributed by atoms with Gasteiger partial charge in [0.15, 0.2) is 0 Å². The Morgan fingerprint density at radius 3 is 2.71 bits per heavy atom. The van der Waals surface area contributed by atoms with Crippen LogP contribution in [0.1, 0.15) is 59.7 Å². The van der Waals surface area contributed by atoms with Crippen molar-refractivity contribution in [3.63, 3.8) is 0 Å². The number of ether oxygens (including phenoxy) is 1. The molecular weight excluding hydrogens is 458 g/mol. The molecule has 1 saturated heterocycles. The van der Waals surface area contributed by atoms with Crippen LogP contribution >= 0.6 is 11.3 Å². The molecule has 0 unspecified atom stereocenters. The van der Waals surface area contributed by atoms with E-state index >= 15 is 0 Å². The number of carboxylic acid groups (broad SMARTS) is 1. The van der Waals surface area contributed by atoms with Crippen LogP contribution in [0.3, 0.4) is 0 Å². The van der Waals surface area contributed by atoms with Gasteiger partial charge >= 0.3 is 5.97 Å². The number of benzene rings is 1. The first-order valence-electron chi connectivity index (χ1n) is 13.2. The van der Waals surface area contributed by atoms with Crippen molar-refractivity contribution < 1.29 is 14.6 Å². The van der Waals surface area contributed by atoms with Crippen LogP contribution in [-0.2, 0) is 11.3 Å². The number of aromatic nitrogens is 1. The lowest BCUT2D eigenvalue weighted by Gasteiger charge is -2.28. The Morgan fingerprint density at radius 2 is 1.86 bits per heavy atom. The van der Waals surface area contributed by atoms with E-state index in [9.17, 15) is 9.90 Å². The Labute approximate surface area is 211 Å². The number of hydrogen-bond donors (Lipinski definition) is 1. The zero-order chi connectivity index (χ0) is 23.8. The maximum Gasteiger partial charge on any atom is 0.345 e. The van der Waals surface area contributed by atoms with E-state index in [2.05, 4.69) is 38.6 Å². The molecule has 1 N–H and O–H groups in total. The molecular formula is C28H35N3O3S. The molecule has 0 amide bonds. The summed E-state index contributed by atoms with van der Waals surface area (Å²) in [7, 11) is 0. The number of hydrogen-bond acceptors (Lipinski definition) is 5. The van der Waals surface area contributed by atoms with Crippen molar-refractivity contribution in [3.8, 4) is 11.3 Å². The van der Waals surface area contributed by atoms with Crippen LogP contribution in [0.25, 0.3) is 21.5 Å². The zero-order valence-electron chi connectivity index (χ0n) is 20.4. The minimum atomic E-state index is -0.813. The molecule has 0 atom stereocenters. The minimum Gasteiger partial charge on any atom is -0.477 e. The molecule has 2 fully saturated rings. The highest BCUT2D eigenvalue weighted by molar-refractivity contribution is 7.21. The van der Waals surface area contributed by atoms with Gasteiger partial charge in [0, 0.05) is 57.1 Å². The third kappa shape index (κ3) is 4.39. The van der Waals surface area contributed by atoms with Crippen LogP contribution < -0.4 is 4.90 Å². The second-order valence-corrected chi connectivity index (χ2v) is 11.2. The first kappa shape index (κ1) is 23.1. The Bertz CT molecular complexity index is 1200. The van der Waals surface area contributed by atoms with Gasteiger partial charge in [-0.1, -0.05) is 37.5 Å². The van der Waals surface area contributed by atoms with Gasteiger partial charge in [-0.15, -0.1) is 11.3 Å². The molecule has 3 aromatic rings. The highest BCUT2D eigenvalue weighted by atomic mass is 32.1. The summed E-state index contributed by atoms with van der Waals surface area (Å²) in [6.07, 6.45) is 7.36. The monoisotopic (exact) mass is 493 g/mol. The summed E-state index contributed by atoms with van der Waals surface area (Å²) < 4.78 is 9.31. The maximum atomic E-state index is 11.9. The van der Waals surface area contributed by atoms with E-state index in [0.717, 1.165) is 64.4 Å². The quantitative estimate of drug-likeness (QED) is 0.497. The zero-order valence-corrected chi connectivity index (χ0v) is 21.2. The molecule has 0 radical (unpaired) electrons. The molecule has 0 spiro atoms. The topological polar surface area (TPSA) is 57.9 Å². The van der Waals surface area contributed by atoms with E-state index in [1.807, 2.05) is 6.07 Å². The standard InChI is InChI=1S/C28H35N3O3S/c32-28(33)24-19-23-27(35-24)25(20-7-2-1-3-8-20)26-21-9-4-5-10-22(21)30(14-15-31(23)26)13-12-29-11-6-17-34-18-16-29/h4-5,9-10,19-20H,1-3,6-8,11-18H2,(H,32,33). The Hall–Kier alpha value is -2.35. The molecule has 3 aliphatic rings. The predicted octanol–water partition coefficient (Wildman–Crippen LogP) is 5.66. The van der Waals surface area contributed by atoms with Crippen LogP contribution in [0, 0.1) is 0 Å². The molecule has 2 aromatic heterocycles. The van der Waals surface area contributed by atoms with Gasteiger partial charge in [-0.3, -0.25) is 4.90 Å². The number of fused-ring (bicyclic) bond motifs is 5. The van der Waals surface area contributed by atoms with E-state index in [4.69, 9.17) is 4.74 Å². The number of carbonyl (C=O) groups is 1. The minimum absolute atomic E-state index is 0.458. The first-order chi connectivity index (χ1) is 17.2. The van der Waals surface area contributed by atoms with E-state index < -0.39 is 5.97 Å². The molecule has 0 bridgehead atoms. The van der Waals surface area contributed by atoms with Crippen LogP contribution in [0.15, 0.2) is 30.3 Å². The van der Waals surface area contributed by atoms with E-state index in [0.29, 0.717) is 10.8 Å². The van der Waals surface area contributed by atoms with E-state index in [1.54, 1.807) is 0 Å². The summed E-state index contributed by atoms with van der Waals surface area (Å²) in [6, 6.07) is 10.8. The van der Waals surface area contributed by atoms with Gasteiger partial charge in [0.25, 0.3) is 0 Å². The SMILES string of the molecule is O=C(O)c1cc2c(s1)c(C1CCCCC1)c1n2CCN(CCN2CCCOCC2)c2ccccc2-1. The lowest BCUT2D eigenvalue weighted by Crippen LogP contribution is -2.37. The average Bonchev–Trinajstić information content (AvgIpc) is 3.25. The molecule has 186 valence electrons. The molecule has 35 heavy (non-hydrogen) atoms. The maximum absolute atomic E-state index is 11.9. The highest BCUT2D eigenvalue weighted by Gasteiger charge is 2.32. The smallest absolute Gasteiger partial charge is 0.345 e. The Kier molecular flexibility index (Phi) is 6.56. The van der Waals surface area contributed by atoms with Crippen molar-refractivity contribution in [2.24, 2.45) is 0 Å². The Morgan fingerprint density at radius 1 is 1.00 bits per heavy atom. The van der Waals surface area contributed by atoms with Crippen molar-refractivity contribution in [2.45, 2.75) is 51.0 Å². The molecule has 4 heterocycles. The van der Waals surface area contributed by atoms with Crippen molar-refractivity contribution in [2.75, 3.05) is 50.8 Å². The normalized spacial score (nSPS) is 19.8. The van der Waals surface area contributed by atoms with Crippen molar-refractivity contribution in [1.82, 2.24) is 9.47 Å². The van der Waals surface area contributed by atoms with Gasteiger partial charge in [-0.25, -0.2) is 4.79 Å². The van der Waals surface area contributed by atoms with Gasteiger partial charge in [0.2, 0.25) is 0 Å². The first-order valence-corrected chi connectivity index (χ1v) is 14.1. The molecule has 1 aromatic carbocycles. The summed E-state index contributed by atoms with van der Waals surface area (Å²) >= 11 is 1.48.